The van der Waals surface area contributed by atoms with Gasteiger partial charge in [-0.3, -0.25) is 0 Å². The average Bonchev–Trinajstić information content (AvgIpc) is 2.41. The van der Waals surface area contributed by atoms with Crippen LogP contribution in [-0.4, -0.2) is 24.4 Å². The minimum Gasteiger partial charge on any atom is -0.393 e. The van der Waals surface area contributed by atoms with Crippen molar-refractivity contribution in [2.75, 3.05) is 13.2 Å². The van der Waals surface area contributed by atoms with Crippen LogP contribution < -0.4 is 0 Å². The van der Waals surface area contributed by atoms with Gasteiger partial charge in [0, 0.05) is 13.2 Å². The quantitative estimate of drug-likeness (QED) is 0.809. The zero-order valence-corrected chi connectivity index (χ0v) is 11.9. The Labute approximate surface area is 112 Å². The molecule has 1 N–H and O–H groups in total. The van der Waals surface area contributed by atoms with E-state index < -0.39 is 0 Å². The van der Waals surface area contributed by atoms with E-state index in [1.807, 2.05) is 0 Å². The van der Waals surface area contributed by atoms with Gasteiger partial charge in [0.1, 0.15) is 0 Å². The van der Waals surface area contributed by atoms with E-state index in [2.05, 4.69) is 6.92 Å². The molecule has 1 aliphatic carbocycles. The third-order valence-corrected chi connectivity index (χ3v) is 5.05. The highest BCUT2D eigenvalue weighted by Gasteiger charge is 2.28. The number of hydrogen-bond donors (Lipinski definition) is 1. The van der Waals surface area contributed by atoms with Crippen molar-refractivity contribution in [3.05, 3.63) is 0 Å². The summed E-state index contributed by atoms with van der Waals surface area (Å²) in [5, 5.41) is 10.4. The third kappa shape index (κ3) is 4.24. The van der Waals surface area contributed by atoms with Gasteiger partial charge in [0.25, 0.3) is 0 Å². The molecule has 1 heterocycles. The highest BCUT2D eigenvalue weighted by Crippen LogP contribution is 2.35. The van der Waals surface area contributed by atoms with Crippen molar-refractivity contribution < 1.29 is 9.84 Å². The molecular weight excluding hydrogens is 224 g/mol. The van der Waals surface area contributed by atoms with Crippen LogP contribution in [0.1, 0.15) is 64.7 Å². The van der Waals surface area contributed by atoms with E-state index in [0.717, 1.165) is 38.4 Å². The van der Waals surface area contributed by atoms with E-state index in [9.17, 15) is 5.11 Å². The van der Waals surface area contributed by atoms with Crippen LogP contribution in [0, 0.1) is 17.8 Å². The molecule has 0 aromatic rings. The summed E-state index contributed by atoms with van der Waals surface area (Å²) in [7, 11) is 0. The van der Waals surface area contributed by atoms with Crippen LogP contribution in [0.5, 0.6) is 0 Å². The van der Waals surface area contributed by atoms with E-state index in [1.165, 1.54) is 38.5 Å². The minimum atomic E-state index is -0.0457. The Morgan fingerprint density at radius 3 is 2.28 bits per heavy atom. The molecule has 106 valence electrons. The molecule has 1 saturated carbocycles. The van der Waals surface area contributed by atoms with Crippen molar-refractivity contribution in [3.8, 4) is 0 Å². The van der Waals surface area contributed by atoms with Crippen LogP contribution in [0.15, 0.2) is 0 Å². The molecule has 0 aromatic heterocycles. The smallest absolute Gasteiger partial charge is 0.0571 e. The van der Waals surface area contributed by atoms with Gasteiger partial charge in [0.05, 0.1) is 6.10 Å². The summed E-state index contributed by atoms with van der Waals surface area (Å²) in [4.78, 5) is 0. The van der Waals surface area contributed by atoms with Gasteiger partial charge in [0.15, 0.2) is 0 Å². The first-order valence-corrected chi connectivity index (χ1v) is 8.05. The molecule has 0 amide bonds. The predicted octanol–water partition coefficient (Wildman–Crippen LogP) is 3.77. The van der Waals surface area contributed by atoms with Gasteiger partial charge in [-0.2, -0.15) is 0 Å². The van der Waals surface area contributed by atoms with Gasteiger partial charge in [-0.1, -0.05) is 32.6 Å². The maximum absolute atomic E-state index is 10.4. The van der Waals surface area contributed by atoms with Crippen molar-refractivity contribution >= 4 is 0 Å². The number of aliphatic hydroxyl groups excluding tert-OH is 1. The highest BCUT2D eigenvalue weighted by molar-refractivity contribution is 4.79. The SMILES string of the molecule is CCCC1CCC(C(O)CC2CCOCC2)CC1. The normalized spacial score (nSPS) is 32.3. The van der Waals surface area contributed by atoms with Crippen molar-refractivity contribution in [2.24, 2.45) is 17.8 Å². The van der Waals surface area contributed by atoms with E-state index >= 15 is 0 Å². The molecule has 0 aromatic carbocycles. The van der Waals surface area contributed by atoms with Crippen LogP contribution in [0.2, 0.25) is 0 Å². The molecule has 2 nitrogen and oxygen atoms in total. The van der Waals surface area contributed by atoms with E-state index in [1.54, 1.807) is 0 Å². The molecule has 18 heavy (non-hydrogen) atoms. The minimum absolute atomic E-state index is 0.0457. The molecule has 2 fully saturated rings. The lowest BCUT2D eigenvalue weighted by atomic mass is 9.75. The Balaban J connectivity index is 1.68. The number of hydrogen-bond acceptors (Lipinski definition) is 2. The summed E-state index contributed by atoms with van der Waals surface area (Å²) in [6.45, 7) is 4.09. The largest absolute Gasteiger partial charge is 0.393 e. The molecule has 1 saturated heterocycles. The summed E-state index contributed by atoms with van der Waals surface area (Å²) >= 11 is 0. The number of rotatable bonds is 5. The first-order valence-electron chi connectivity index (χ1n) is 8.05. The summed E-state index contributed by atoms with van der Waals surface area (Å²) in [6.07, 6.45) is 11.2. The molecule has 2 heteroatoms. The zero-order chi connectivity index (χ0) is 12.8. The summed E-state index contributed by atoms with van der Waals surface area (Å²) in [5.41, 5.74) is 0. The molecule has 1 atom stereocenters. The van der Waals surface area contributed by atoms with Gasteiger partial charge in [0.2, 0.25) is 0 Å². The highest BCUT2D eigenvalue weighted by atomic mass is 16.5. The third-order valence-electron chi connectivity index (χ3n) is 5.05. The predicted molar refractivity (Wildman–Crippen MR) is 74.5 cm³/mol. The van der Waals surface area contributed by atoms with Crippen LogP contribution in [0.25, 0.3) is 0 Å². The molecule has 1 unspecified atom stereocenters. The van der Waals surface area contributed by atoms with Crippen LogP contribution in [-0.2, 0) is 4.74 Å². The Bertz CT molecular complexity index is 215. The van der Waals surface area contributed by atoms with Gasteiger partial charge in [-0.05, 0) is 49.9 Å². The summed E-state index contributed by atoms with van der Waals surface area (Å²) in [5.74, 6) is 2.24. The standard InChI is InChI=1S/C16H30O2/c1-2-3-13-4-6-15(7-5-13)16(17)12-14-8-10-18-11-9-14/h13-17H,2-12H2,1H3. The van der Waals surface area contributed by atoms with Crippen molar-refractivity contribution in [1.82, 2.24) is 0 Å². The van der Waals surface area contributed by atoms with Crippen LogP contribution in [0.4, 0.5) is 0 Å². The Morgan fingerprint density at radius 1 is 1.00 bits per heavy atom. The fourth-order valence-corrected chi connectivity index (χ4v) is 3.79. The summed E-state index contributed by atoms with van der Waals surface area (Å²) in [6, 6.07) is 0. The number of ether oxygens (including phenoxy) is 1. The molecular formula is C16H30O2. The average molecular weight is 254 g/mol. The van der Waals surface area contributed by atoms with E-state index in [4.69, 9.17) is 4.74 Å². The molecule has 2 rings (SSSR count). The second-order valence-electron chi connectivity index (χ2n) is 6.43. The van der Waals surface area contributed by atoms with Gasteiger partial charge >= 0.3 is 0 Å². The Morgan fingerprint density at radius 2 is 1.67 bits per heavy atom. The molecule has 0 spiro atoms. The Kier molecular flexibility index (Phi) is 5.97. The lowest BCUT2D eigenvalue weighted by molar-refractivity contribution is 0.0163. The van der Waals surface area contributed by atoms with Gasteiger partial charge < -0.3 is 9.84 Å². The Hall–Kier alpha value is -0.0800. The van der Waals surface area contributed by atoms with Crippen LogP contribution >= 0.6 is 0 Å². The molecule has 0 radical (unpaired) electrons. The first-order chi connectivity index (χ1) is 8.79. The second kappa shape index (κ2) is 7.49. The molecule has 1 aliphatic heterocycles. The second-order valence-corrected chi connectivity index (χ2v) is 6.43. The zero-order valence-electron chi connectivity index (χ0n) is 11.9. The fourth-order valence-electron chi connectivity index (χ4n) is 3.79. The van der Waals surface area contributed by atoms with E-state index in [0.29, 0.717) is 11.8 Å². The van der Waals surface area contributed by atoms with Crippen molar-refractivity contribution in [1.29, 1.82) is 0 Å². The lowest BCUT2D eigenvalue weighted by Gasteiger charge is -2.33. The monoisotopic (exact) mass is 254 g/mol. The maximum Gasteiger partial charge on any atom is 0.0571 e. The molecule has 0 bridgehead atoms. The van der Waals surface area contributed by atoms with E-state index in [-0.39, 0.29) is 6.10 Å². The molecule has 2 aliphatic rings. The van der Waals surface area contributed by atoms with Crippen LogP contribution in [0.3, 0.4) is 0 Å². The summed E-state index contributed by atoms with van der Waals surface area (Å²) < 4.78 is 5.39. The first kappa shape index (κ1) is 14.3. The maximum atomic E-state index is 10.4. The van der Waals surface area contributed by atoms with Crippen molar-refractivity contribution in [2.45, 2.75) is 70.8 Å². The van der Waals surface area contributed by atoms with Gasteiger partial charge in [-0.15, -0.1) is 0 Å². The number of aliphatic hydroxyl groups is 1. The topological polar surface area (TPSA) is 29.5 Å². The van der Waals surface area contributed by atoms with Crippen molar-refractivity contribution in [3.63, 3.8) is 0 Å². The van der Waals surface area contributed by atoms with Gasteiger partial charge in [-0.25, -0.2) is 0 Å². The fraction of sp³-hybridized carbons (Fsp3) is 1.00. The lowest BCUT2D eigenvalue weighted by Crippen LogP contribution is -2.29.